The predicted octanol–water partition coefficient (Wildman–Crippen LogP) is 10.3. The second-order valence-corrected chi connectivity index (χ2v) is 16.4. The Kier molecular flexibility index (Phi) is 33.2. The molecule has 0 rings (SSSR count). The summed E-state index contributed by atoms with van der Waals surface area (Å²) in [6.45, 7) is 4.51. The molecule has 0 saturated carbocycles. The van der Waals surface area contributed by atoms with E-state index in [9.17, 15) is 19.4 Å². The second-order valence-electron chi connectivity index (χ2n) is 15.0. The topological polar surface area (TPSA) is 108 Å². The average molecular weight is 739 g/mol. The van der Waals surface area contributed by atoms with Crippen molar-refractivity contribution in [3.05, 3.63) is 48.6 Å². The van der Waals surface area contributed by atoms with Gasteiger partial charge in [-0.2, -0.15) is 0 Å². The molecular formula is C42H79N2O6P. The molecule has 3 unspecified atom stereocenters. The van der Waals surface area contributed by atoms with E-state index in [2.05, 4.69) is 55.6 Å². The number of amides is 1. The molecule has 1 amide bonds. The van der Waals surface area contributed by atoms with Gasteiger partial charge in [0.1, 0.15) is 13.2 Å². The van der Waals surface area contributed by atoms with E-state index >= 15 is 0 Å². The minimum absolute atomic E-state index is 0.00915. The standard InChI is InChI=1S/C42H79N2O6P/c1-6-8-10-12-14-16-17-18-19-20-21-22-23-24-25-26-27-28-30-32-34-36-42(46)43-40(39-50-51(47,48)49-38-37-44(3,4)5)41(45)35-33-31-29-15-13-11-9-7-2/h13,15,17-18,20-21,33,35,40-41,45H,6-12,14,16,19,22-32,34,36-39H2,1-5H3,(H-,43,46,47,48)/b15-13+,18-17-,21-20-,35-33+. The lowest BCUT2D eigenvalue weighted by Gasteiger charge is -2.29. The van der Waals surface area contributed by atoms with Gasteiger partial charge in [-0.15, -0.1) is 0 Å². The third-order valence-electron chi connectivity index (χ3n) is 8.76. The van der Waals surface area contributed by atoms with Gasteiger partial charge in [-0.1, -0.05) is 146 Å². The van der Waals surface area contributed by atoms with Crippen molar-refractivity contribution in [3.8, 4) is 0 Å². The van der Waals surface area contributed by atoms with Crippen LogP contribution in [-0.4, -0.2) is 68.5 Å². The number of carbonyl (C=O) groups is 1. The second kappa shape index (κ2) is 34.2. The molecule has 51 heavy (non-hydrogen) atoms. The maximum atomic E-state index is 12.8. The zero-order valence-electron chi connectivity index (χ0n) is 33.5. The molecule has 8 nitrogen and oxygen atoms in total. The first-order valence-electron chi connectivity index (χ1n) is 20.5. The van der Waals surface area contributed by atoms with Gasteiger partial charge in [0.25, 0.3) is 7.82 Å². The van der Waals surface area contributed by atoms with Crippen LogP contribution in [0.3, 0.4) is 0 Å². The van der Waals surface area contributed by atoms with Gasteiger partial charge in [-0.25, -0.2) is 0 Å². The summed E-state index contributed by atoms with van der Waals surface area (Å²) in [5.74, 6) is -0.218. The van der Waals surface area contributed by atoms with Crippen molar-refractivity contribution < 1.29 is 32.9 Å². The molecular weight excluding hydrogens is 659 g/mol. The molecule has 0 heterocycles. The van der Waals surface area contributed by atoms with Crippen LogP contribution in [0.15, 0.2) is 48.6 Å². The fourth-order valence-electron chi connectivity index (χ4n) is 5.42. The first-order valence-corrected chi connectivity index (χ1v) is 22.0. The molecule has 0 aliphatic rings. The molecule has 0 radical (unpaired) electrons. The lowest BCUT2D eigenvalue weighted by Crippen LogP contribution is -2.45. The SMILES string of the molecule is CCCC/C=C/CC/C=C/C(O)C(COP(=O)([O-])OCC[N+](C)(C)C)NC(=O)CCCCCCCCCCC/C=C\C/C=C\CCCCCCC. The Morgan fingerprint density at radius 1 is 0.686 bits per heavy atom. The smallest absolute Gasteiger partial charge is 0.268 e. The lowest BCUT2D eigenvalue weighted by atomic mass is 10.1. The van der Waals surface area contributed by atoms with Crippen molar-refractivity contribution in [1.29, 1.82) is 0 Å². The summed E-state index contributed by atoms with van der Waals surface area (Å²) < 4.78 is 23.0. The molecule has 0 saturated heterocycles. The summed E-state index contributed by atoms with van der Waals surface area (Å²) in [7, 11) is 1.23. The summed E-state index contributed by atoms with van der Waals surface area (Å²) in [6, 6.07) is -0.902. The molecule has 0 fully saturated rings. The molecule has 2 N–H and O–H groups in total. The van der Waals surface area contributed by atoms with Crippen LogP contribution in [0.4, 0.5) is 0 Å². The number of unbranched alkanes of at least 4 members (excludes halogenated alkanes) is 17. The van der Waals surface area contributed by atoms with Crippen LogP contribution in [0.25, 0.3) is 0 Å². The van der Waals surface area contributed by atoms with Crippen LogP contribution < -0.4 is 10.2 Å². The first kappa shape index (κ1) is 49.5. The van der Waals surface area contributed by atoms with Gasteiger partial charge in [0.05, 0.1) is 39.9 Å². The molecule has 0 aromatic carbocycles. The Labute approximate surface area is 314 Å². The maximum Gasteiger partial charge on any atom is 0.268 e. The summed E-state index contributed by atoms with van der Waals surface area (Å²) in [5.41, 5.74) is 0. The summed E-state index contributed by atoms with van der Waals surface area (Å²) in [5, 5.41) is 13.6. The van der Waals surface area contributed by atoms with Crippen molar-refractivity contribution >= 4 is 13.7 Å². The number of nitrogens with zero attached hydrogens (tertiary/aromatic N) is 1. The lowest BCUT2D eigenvalue weighted by molar-refractivity contribution is -0.870. The molecule has 0 aliphatic carbocycles. The minimum atomic E-state index is -4.59. The van der Waals surface area contributed by atoms with Crippen LogP contribution in [0, 0.1) is 0 Å². The van der Waals surface area contributed by atoms with E-state index in [0.29, 0.717) is 17.4 Å². The van der Waals surface area contributed by atoms with Crippen LogP contribution in [-0.2, 0) is 18.4 Å². The van der Waals surface area contributed by atoms with E-state index in [0.717, 1.165) is 44.9 Å². The summed E-state index contributed by atoms with van der Waals surface area (Å²) in [6.07, 6.45) is 41.7. The van der Waals surface area contributed by atoms with Crippen LogP contribution in [0.2, 0.25) is 0 Å². The number of aliphatic hydroxyl groups excluding tert-OH is 1. The highest BCUT2D eigenvalue weighted by Crippen LogP contribution is 2.38. The van der Waals surface area contributed by atoms with Gasteiger partial charge in [-0.05, 0) is 57.8 Å². The Morgan fingerprint density at radius 2 is 1.18 bits per heavy atom. The summed E-state index contributed by atoms with van der Waals surface area (Å²) >= 11 is 0. The van der Waals surface area contributed by atoms with E-state index in [1.54, 1.807) is 6.08 Å². The number of phosphoric ester groups is 1. The fraction of sp³-hybridized carbons (Fsp3) is 0.786. The number of aliphatic hydroxyl groups is 1. The van der Waals surface area contributed by atoms with Crippen molar-refractivity contribution in [2.75, 3.05) is 40.9 Å². The highest BCUT2D eigenvalue weighted by molar-refractivity contribution is 7.45. The van der Waals surface area contributed by atoms with Gasteiger partial charge >= 0.3 is 0 Å². The van der Waals surface area contributed by atoms with Crippen molar-refractivity contribution in [2.24, 2.45) is 0 Å². The quantitative estimate of drug-likeness (QED) is 0.0287. The van der Waals surface area contributed by atoms with Gasteiger partial charge in [0, 0.05) is 6.42 Å². The normalized spacial score (nSPS) is 15.0. The number of hydrogen-bond acceptors (Lipinski definition) is 6. The highest BCUT2D eigenvalue weighted by atomic mass is 31.2. The van der Waals surface area contributed by atoms with E-state index in [1.807, 2.05) is 27.2 Å². The molecule has 3 atom stereocenters. The first-order chi connectivity index (χ1) is 24.5. The Hall–Kier alpha value is -1.54. The molecule has 0 spiro atoms. The van der Waals surface area contributed by atoms with E-state index in [4.69, 9.17) is 9.05 Å². The number of rotatable bonds is 36. The summed E-state index contributed by atoms with van der Waals surface area (Å²) in [4.78, 5) is 25.1. The Bertz CT molecular complexity index is 975. The van der Waals surface area contributed by atoms with E-state index < -0.39 is 26.6 Å². The van der Waals surface area contributed by atoms with Gasteiger partial charge in [0.2, 0.25) is 5.91 Å². The van der Waals surface area contributed by atoms with Gasteiger partial charge in [0.15, 0.2) is 0 Å². The minimum Gasteiger partial charge on any atom is -0.756 e. The number of hydrogen-bond donors (Lipinski definition) is 2. The largest absolute Gasteiger partial charge is 0.756 e. The van der Waals surface area contributed by atoms with Crippen molar-refractivity contribution in [2.45, 2.75) is 174 Å². The zero-order chi connectivity index (χ0) is 37.9. The third kappa shape index (κ3) is 36.6. The van der Waals surface area contributed by atoms with Crippen molar-refractivity contribution in [1.82, 2.24) is 5.32 Å². The Morgan fingerprint density at radius 3 is 1.76 bits per heavy atom. The molecule has 0 bridgehead atoms. The van der Waals surface area contributed by atoms with E-state index in [1.165, 1.54) is 96.3 Å². The number of phosphoric acid groups is 1. The number of allylic oxidation sites excluding steroid dienone is 7. The van der Waals surface area contributed by atoms with Crippen molar-refractivity contribution in [3.63, 3.8) is 0 Å². The molecule has 0 aromatic heterocycles. The Balaban J connectivity index is 4.31. The van der Waals surface area contributed by atoms with Crippen LogP contribution >= 0.6 is 7.82 Å². The van der Waals surface area contributed by atoms with E-state index in [-0.39, 0.29) is 12.5 Å². The average Bonchev–Trinajstić information content (AvgIpc) is 3.07. The molecule has 298 valence electrons. The number of likely N-dealkylation sites (N-methyl/N-ethyl adjacent to an activating group) is 1. The molecule has 9 heteroatoms. The monoisotopic (exact) mass is 739 g/mol. The zero-order valence-corrected chi connectivity index (χ0v) is 34.4. The van der Waals surface area contributed by atoms with Gasteiger partial charge < -0.3 is 28.8 Å². The molecule has 0 aliphatic heterocycles. The van der Waals surface area contributed by atoms with Crippen LogP contribution in [0.5, 0.6) is 0 Å². The van der Waals surface area contributed by atoms with Gasteiger partial charge in [-0.3, -0.25) is 9.36 Å². The third-order valence-corrected chi connectivity index (χ3v) is 9.73. The number of quaternary nitrogens is 1. The maximum absolute atomic E-state index is 12.8. The fourth-order valence-corrected chi connectivity index (χ4v) is 6.14. The number of carbonyl (C=O) groups excluding carboxylic acids is 1. The molecule has 0 aromatic rings. The van der Waals surface area contributed by atoms with Crippen LogP contribution in [0.1, 0.15) is 162 Å². The number of nitrogens with one attached hydrogen (secondary N) is 1. The highest BCUT2D eigenvalue weighted by Gasteiger charge is 2.23. The predicted molar refractivity (Wildman–Crippen MR) is 214 cm³/mol.